The van der Waals surface area contributed by atoms with Crippen LogP contribution in [0.25, 0.3) is 0 Å². The van der Waals surface area contributed by atoms with Gasteiger partial charge in [-0.05, 0) is 24.3 Å². The van der Waals surface area contributed by atoms with Gasteiger partial charge in [0.1, 0.15) is 16.7 Å². The minimum absolute atomic E-state index is 0.0364. The molecule has 0 aliphatic rings. The Labute approximate surface area is 141 Å². The van der Waals surface area contributed by atoms with Crippen LogP contribution in [0.4, 0.5) is 18.9 Å². The predicted molar refractivity (Wildman–Crippen MR) is 81.1 cm³/mol. The summed E-state index contributed by atoms with van der Waals surface area (Å²) < 4.78 is 53.0. The fraction of sp³-hybridized carbons (Fsp3) is 0.0769. The molecule has 0 saturated carbocycles. The predicted octanol–water partition coefficient (Wildman–Crippen LogP) is 4.35. The Morgan fingerprint density at radius 2 is 1.91 bits per heavy atom. The van der Waals surface area contributed by atoms with Gasteiger partial charge in [0.05, 0.1) is 26.2 Å². The molecule has 2 aromatic rings. The molecule has 23 heavy (non-hydrogen) atoms. The number of alkyl halides is 3. The minimum atomic E-state index is -4.68. The van der Waals surface area contributed by atoms with Gasteiger partial charge in [-0.3, -0.25) is 9.52 Å². The van der Waals surface area contributed by atoms with Gasteiger partial charge in [0.15, 0.2) is 6.29 Å². The smallest absolute Gasteiger partial charge is 0.299 e. The number of nitrogens with one attached hydrogen (secondary N) is 1. The van der Waals surface area contributed by atoms with Crippen molar-refractivity contribution in [1.82, 2.24) is 4.98 Å². The number of nitrogens with zero attached hydrogens (tertiary/aromatic N) is 1. The van der Waals surface area contributed by atoms with Crippen LogP contribution in [0.3, 0.4) is 0 Å². The Morgan fingerprint density at radius 1 is 1.22 bits per heavy atom. The number of pyridine rings is 1. The van der Waals surface area contributed by atoms with Crippen LogP contribution in [0.5, 0.6) is 0 Å². The normalized spacial score (nSPS) is 12.7. The van der Waals surface area contributed by atoms with E-state index in [1.54, 1.807) is 0 Å². The Kier molecular flexibility index (Phi) is 5.28. The van der Waals surface area contributed by atoms with Crippen LogP contribution in [0.15, 0.2) is 35.4 Å². The first-order valence-corrected chi connectivity index (χ1v) is 7.79. The van der Waals surface area contributed by atoms with Gasteiger partial charge in [-0.25, -0.2) is 9.19 Å². The monoisotopic (exact) mass is 382 g/mol. The molecule has 1 unspecified atom stereocenters. The fourth-order valence-electron chi connectivity index (χ4n) is 1.62. The SMILES string of the molecule is O=Cc1ncc(Cl)cc1NS(=O)c1ccc(Cl)c(C(F)(F)F)c1. The number of carbonyl (C=O) groups is 1. The van der Waals surface area contributed by atoms with Crippen molar-refractivity contribution in [3.8, 4) is 0 Å². The number of carbonyl (C=O) groups excluding carboxylic acids is 1. The van der Waals surface area contributed by atoms with Crippen molar-refractivity contribution in [3.63, 3.8) is 0 Å². The lowest BCUT2D eigenvalue weighted by Gasteiger charge is -2.12. The Bertz CT molecular complexity index is 784. The Morgan fingerprint density at radius 3 is 2.52 bits per heavy atom. The van der Waals surface area contributed by atoms with Gasteiger partial charge in [-0.15, -0.1) is 0 Å². The van der Waals surface area contributed by atoms with Gasteiger partial charge < -0.3 is 0 Å². The summed E-state index contributed by atoms with van der Waals surface area (Å²) >= 11 is 11.2. The first-order valence-electron chi connectivity index (χ1n) is 5.88. The highest BCUT2D eigenvalue weighted by Gasteiger charge is 2.33. The van der Waals surface area contributed by atoms with Gasteiger partial charge in [-0.1, -0.05) is 23.2 Å². The van der Waals surface area contributed by atoms with Crippen molar-refractivity contribution in [2.45, 2.75) is 11.1 Å². The maximum Gasteiger partial charge on any atom is 0.417 e. The molecule has 1 heterocycles. The van der Waals surface area contributed by atoms with E-state index in [9.17, 15) is 22.2 Å². The van der Waals surface area contributed by atoms with Crippen LogP contribution >= 0.6 is 23.2 Å². The topological polar surface area (TPSA) is 59.1 Å². The first kappa shape index (κ1) is 17.7. The zero-order valence-electron chi connectivity index (χ0n) is 11.0. The third-order valence-corrected chi connectivity index (χ3v) is 4.28. The lowest BCUT2D eigenvalue weighted by Crippen LogP contribution is -2.11. The zero-order valence-corrected chi connectivity index (χ0v) is 13.4. The van der Waals surface area contributed by atoms with Crippen molar-refractivity contribution in [2.24, 2.45) is 0 Å². The summed E-state index contributed by atoms with van der Waals surface area (Å²) in [7, 11) is -2.07. The van der Waals surface area contributed by atoms with Gasteiger partial charge in [-0.2, -0.15) is 13.2 Å². The lowest BCUT2D eigenvalue weighted by atomic mass is 10.2. The van der Waals surface area contributed by atoms with Crippen molar-refractivity contribution >= 4 is 46.2 Å². The van der Waals surface area contributed by atoms with E-state index in [0.717, 1.165) is 6.07 Å². The van der Waals surface area contributed by atoms with E-state index in [-0.39, 0.29) is 21.3 Å². The number of rotatable bonds is 4. The molecule has 0 saturated heterocycles. The molecule has 0 fully saturated rings. The second kappa shape index (κ2) is 6.86. The molecule has 0 radical (unpaired) electrons. The van der Waals surface area contributed by atoms with Crippen molar-refractivity contribution in [3.05, 3.63) is 51.8 Å². The molecule has 0 spiro atoms. The summed E-state index contributed by atoms with van der Waals surface area (Å²) in [6.45, 7) is 0. The van der Waals surface area contributed by atoms with Crippen LogP contribution < -0.4 is 4.72 Å². The van der Waals surface area contributed by atoms with Gasteiger partial charge in [0.2, 0.25) is 0 Å². The van der Waals surface area contributed by atoms with Crippen LogP contribution in [0.2, 0.25) is 10.0 Å². The van der Waals surface area contributed by atoms with Crippen molar-refractivity contribution in [2.75, 3.05) is 4.72 Å². The number of anilines is 1. The van der Waals surface area contributed by atoms with Crippen LogP contribution in [-0.2, 0) is 17.2 Å². The standard InChI is InChI=1S/C13H7Cl2F3N2O2S/c14-7-3-11(12(6-21)19-5-7)20-23(22)8-1-2-10(15)9(4-8)13(16,17)18/h1-6,20H. The molecule has 1 atom stereocenters. The van der Waals surface area contributed by atoms with E-state index in [1.165, 1.54) is 18.3 Å². The zero-order chi connectivity index (χ0) is 17.2. The highest BCUT2D eigenvalue weighted by Crippen LogP contribution is 2.35. The van der Waals surface area contributed by atoms with E-state index in [0.29, 0.717) is 12.4 Å². The average Bonchev–Trinajstić information content (AvgIpc) is 2.46. The number of hydrogen-bond donors (Lipinski definition) is 1. The fourth-order valence-corrected chi connectivity index (χ4v) is 2.90. The Hall–Kier alpha value is -1.64. The molecular weight excluding hydrogens is 376 g/mol. The molecule has 10 heteroatoms. The second-order valence-corrected chi connectivity index (χ2v) is 6.27. The molecule has 0 aliphatic carbocycles. The molecule has 0 bridgehead atoms. The van der Waals surface area contributed by atoms with E-state index >= 15 is 0 Å². The number of aldehydes is 1. The quantitative estimate of drug-likeness (QED) is 0.799. The molecule has 0 aliphatic heterocycles. The second-order valence-electron chi connectivity index (χ2n) is 4.21. The summed E-state index contributed by atoms with van der Waals surface area (Å²) in [4.78, 5) is 14.4. The summed E-state index contributed by atoms with van der Waals surface area (Å²) in [5.74, 6) is 0. The summed E-state index contributed by atoms with van der Waals surface area (Å²) in [6.07, 6.45) is -3.06. The lowest BCUT2D eigenvalue weighted by molar-refractivity contribution is -0.137. The molecule has 0 amide bonds. The molecule has 1 aromatic carbocycles. The van der Waals surface area contributed by atoms with Gasteiger partial charge in [0.25, 0.3) is 0 Å². The van der Waals surface area contributed by atoms with Crippen molar-refractivity contribution in [1.29, 1.82) is 0 Å². The average molecular weight is 383 g/mol. The molecule has 1 N–H and O–H groups in total. The largest absolute Gasteiger partial charge is 0.417 e. The van der Waals surface area contributed by atoms with Crippen LogP contribution in [0, 0.1) is 0 Å². The number of benzene rings is 1. The van der Waals surface area contributed by atoms with Gasteiger partial charge in [0, 0.05) is 6.20 Å². The maximum atomic E-state index is 12.8. The summed E-state index contributed by atoms with van der Waals surface area (Å²) in [5, 5.41) is -0.335. The van der Waals surface area contributed by atoms with E-state index in [4.69, 9.17) is 23.2 Å². The molecule has 122 valence electrons. The molecule has 2 rings (SSSR count). The van der Waals surface area contributed by atoms with E-state index < -0.39 is 27.7 Å². The summed E-state index contributed by atoms with van der Waals surface area (Å²) in [6, 6.07) is 4.14. The number of halogens is 5. The molecular formula is C13H7Cl2F3N2O2S. The molecule has 1 aromatic heterocycles. The first-order chi connectivity index (χ1) is 10.7. The van der Waals surface area contributed by atoms with Gasteiger partial charge >= 0.3 is 6.18 Å². The van der Waals surface area contributed by atoms with Crippen LogP contribution in [-0.4, -0.2) is 15.5 Å². The van der Waals surface area contributed by atoms with Crippen LogP contribution in [0.1, 0.15) is 16.1 Å². The number of aromatic nitrogens is 1. The highest BCUT2D eigenvalue weighted by atomic mass is 35.5. The van der Waals surface area contributed by atoms with E-state index in [2.05, 4.69) is 9.71 Å². The summed E-state index contributed by atoms with van der Waals surface area (Å²) in [5.41, 5.74) is -1.14. The molecule has 4 nitrogen and oxygen atoms in total. The maximum absolute atomic E-state index is 12.8. The van der Waals surface area contributed by atoms with Crippen molar-refractivity contribution < 1.29 is 22.2 Å². The van der Waals surface area contributed by atoms with E-state index in [1.807, 2.05) is 0 Å². The third-order valence-electron chi connectivity index (χ3n) is 2.66. The minimum Gasteiger partial charge on any atom is -0.299 e. The number of hydrogen-bond acceptors (Lipinski definition) is 3. The highest BCUT2D eigenvalue weighted by molar-refractivity contribution is 7.86. The Balaban J connectivity index is 2.35. The third kappa shape index (κ3) is 4.21.